The number of sulfonamides is 1. The molecule has 0 bridgehead atoms. The molecule has 0 radical (unpaired) electrons. The molecule has 4 nitrogen and oxygen atoms in total. The second kappa shape index (κ2) is 4.22. The van der Waals surface area contributed by atoms with E-state index in [1.54, 1.807) is 17.5 Å². The molecule has 1 aliphatic rings. The molecule has 0 aliphatic carbocycles. The quantitative estimate of drug-likeness (QED) is 0.727. The van der Waals surface area contributed by atoms with E-state index in [0.717, 1.165) is 10.9 Å². The van der Waals surface area contributed by atoms with Crippen molar-refractivity contribution in [3.63, 3.8) is 0 Å². The van der Waals surface area contributed by atoms with Crippen LogP contribution >= 0.6 is 11.3 Å². The summed E-state index contributed by atoms with van der Waals surface area (Å²) >= 11 is 1.22. The first kappa shape index (κ1) is 12.7. The van der Waals surface area contributed by atoms with Crippen LogP contribution in [0, 0.1) is 0 Å². The molecule has 0 saturated heterocycles. The maximum atomic E-state index is 12.8. The van der Waals surface area contributed by atoms with Crippen LogP contribution in [0.5, 0.6) is 0 Å². The highest BCUT2D eigenvalue weighted by atomic mass is 32.2. The van der Waals surface area contributed by atoms with E-state index < -0.39 is 10.0 Å². The maximum Gasteiger partial charge on any atom is 0.279 e. The van der Waals surface area contributed by atoms with Gasteiger partial charge in [-0.05, 0) is 23.6 Å². The Kier molecular flexibility index (Phi) is 2.55. The molecule has 0 amide bonds. The lowest BCUT2D eigenvalue weighted by Crippen LogP contribution is -2.26. The Labute approximate surface area is 126 Å². The van der Waals surface area contributed by atoms with E-state index in [9.17, 15) is 8.42 Å². The normalized spacial score (nSPS) is 14.9. The molecule has 4 rings (SSSR count). The molecular formula is C15H12N2O2S2. The average molecular weight is 316 g/mol. The number of rotatable bonds is 2. The minimum Gasteiger partial charge on any atom is -0.320 e. The van der Waals surface area contributed by atoms with Gasteiger partial charge < -0.3 is 4.57 Å². The number of allylic oxidation sites excluding steroid dienone is 1. The predicted molar refractivity (Wildman–Crippen MR) is 85.1 cm³/mol. The van der Waals surface area contributed by atoms with Crippen molar-refractivity contribution >= 4 is 38.1 Å². The zero-order chi connectivity index (χ0) is 14.6. The highest BCUT2D eigenvalue weighted by molar-refractivity contribution is 7.95. The summed E-state index contributed by atoms with van der Waals surface area (Å²) in [5, 5.41) is 2.80. The first-order chi connectivity index (χ1) is 10.1. The molecule has 106 valence electrons. The maximum absolute atomic E-state index is 12.8. The third-order valence-electron chi connectivity index (χ3n) is 3.61. The minimum atomic E-state index is -3.57. The number of para-hydroxylation sites is 1. The monoisotopic (exact) mass is 316 g/mol. The van der Waals surface area contributed by atoms with E-state index in [-0.39, 0.29) is 0 Å². The molecule has 0 N–H and O–H groups in total. The number of anilines is 1. The predicted octanol–water partition coefficient (Wildman–Crippen LogP) is 3.43. The van der Waals surface area contributed by atoms with E-state index in [1.165, 1.54) is 15.6 Å². The van der Waals surface area contributed by atoms with E-state index in [0.29, 0.717) is 22.3 Å². The van der Waals surface area contributed by atoms with Crippen LogP contribution in [-0.2, 0) is 16.6 Å². The van der Waals surface area contributed by atoms with Crippen molar-refractivity contribution in [2.75, 3.05) is 4.31 Å². The van der Waals surface area contributed by atoms with Gasteiger partial charge in [0.25, 0.3) is 10.0 Å². The SMILES string of the molecule is C=C1Cn2c(cc3ccccc32)N1S(=O)(=O)c1cccs1. The molecule has 0 spiro atoms. The Balaban J connectivity index is 1.95. The topological polar surface area (TPSA) is 42.3 Å². The summed E-state index contributed by atoms with van der Waals surface area (Å²) in [6.07, 6.45) is 0. The van der Waals surface area contributed by atoms with Gasteiger partial charge in [0.2, 0.25) is 0 Å². The van der Waals surface area contributed by atoms with E-state index in [1.807, 2.05) is 34.9 Å². The fraction of sp³-hybridized carbons (Fsp3) is 0.0667. The number of fused-ring (bicyclic) bond motifs is 3. The van der Waals surface area contributed by atoms with Crippen LogP contribution in [0.2, 0.25) is 0 Å². The molecular weight excluding hydrogens is 304 g/mol. The number of aromatic nitrogens is 1. The first-order valence-corrected chi connectivity index (χ1v) is 8.76. The minimum absolute atomic E-state index is 0.336. The van der Waals surface area contributed by atoms with Gasteiger partial charge in [-0.3, -0.25) is 0 Å². The fourth-order valence-corrected chi connectivity index (χ4v) is 5.28. The van der Waals surface area contributed by atoms with Crippen molar-refractivity contribution in [1.82, 2.24) is 4.57 Å². The lowest BCUT2D eigenvalue weighted by molar-refractivity contribution is 0.597. The third-order valence-corrected chi connectivity index (χ3v) is 6.77. The third kappa shape index (κ3) is 1.69. The molecule has 0 atom stereocenters. The largest absolute Gasteiger partial charge is 0.320 e. The van der Waals surface area contributed by atoms with Crippen LogP contribution in [0.4, 0.5) is 5.82 Å². The van der Waals surface area contributed by atoms with Crippen LogP contribution in [0.25, 0.3) is 10.9 Å². The summed E-state index contributed by atoms with van der Waals surface area (Å²) in [6, 6.07) is 13.1. The average Bonchev–Trinajstić information content (AvgIpc) is 3.12. The van der Waals surface area contributed by atoms with Crippen molar-refractivity contribution in [1.29, 1.82) is 0 Å². The van der Waals surface area contributed by atoms with Crippen LogP contribution in [0.3, 0.4) is 0 Å². The zero-order valence-electron chi connectivity index (χ0n) is 11.1. The summed E-state index contributed by atoms with van der Waals surface area (Å²) in [7, 11) is -3.57. The number of benzene rings is 1. The van der Waals surface area contributed by atoms with Crippen LogP contribution in [0.1, 0.15) is 0 Å². The molecule has 3 heterocycles. The lowest BCUT2D eigenvalue weighted by Gasteiger charge is -2.17. The second-order valence-corrected chi connectivity index (χ2v) is 7.88. The second-order valence-electron chi connectivity index (χ2n) is 4.92. The number of hydrogen-bond acceptors (Lipinski definition) is 3. The molecule has 0 unspecified atom stereocenters. The summed E-state index contributed by atoms with van der Waals surface area (Å²) < 4.78 is 29.3. The number of nitrogens with zero attached hydrogens (tertiary/aromatic N) is 2. The van der Waals surface area contributed by atoms with E-state index in [4.69, 9.17) is 0 Å². The zero-order valence-corrected chi connectivity index (χ0v) is 12.7. The Morgan fingerprint density at radius 2 is 1.95 bits per heavy atom. The lowest BCUT2D eigenvalue weighted by atomic mass is 10.2. The van der Waals surface area contributed by atoms with Crippen LogP contribution in [-0.4, -0.2) is 13.0 Å². The molecule has 0 fully saturated rings. The molecule has 0 saturated carbocycles. The summed E-state index contributed by atoms with van der Waals surface area (Å²) in [6.45, 7) is 4.43. The smallest absolute Gasteiger partial charge is 0.279 e. The van der Waals surface area contributed by atoms with Crippen LogP contribution < -0.4 is 4.31 Å². The number of hydrogen-bond donors (Lipinski definition) is 0. The highest BCUT2D eigenvalue weighted by Crippen LogP contribution is 2.39. The van der Waals surface area contributed by atoms with Crippen molar-refractivity contribution < 1.29 is 8.42 Å². The Bertz CT molecular complexity index is 953. The Hall–Kier alpha value is -2.05. The number of thiophene rings is 1. The van der Waals surface area contributed by atoms with Gasteiger partial charge in [-0.1, -0.05) is 30.8 Å². The van der Waals surface area contributed by atoms with Crippen molar-refractivity contribution in [3.8, 4) is 0 Å². The van der Waals surface area contributed by atoms with Gasteiger partial charge in [0.1, 0.15) is 10.0 Å². The van der Waals surface area contributed by atoms with Crippen molar-refractivity contribution in [2.24, 2.45) is 0 Å². The van der Waals surface area contributed by atoms with Gasteiger partial charge in [-0.25, -0.2) is 4.31 Å². The van der Waals surface area contributed by atoms with Gasteiger partial charge in [0.15, 0.2) is 0 Å². The van der Waals surface area contributed by atoms with Crippen LogP contribution in [0.15, 0.2) is 64.3 Å². The standard InChI is InChI=1S/C15H12N2O2S2/c1-11-10-16-13-6-3-2-5-12(13)9-14(16)17(11)21(18,19)15-7-4-8-20-15/h2-9H,1,10H2. The Morgan fingerprint density at radius 1 is 1.14 bits per heavy atom. The van der Waals surface area contributed by atoms with Gasteiger partial charge in [-0.2, -0.15) is 8.42 Å². The molecule has 1 aliphatic heterocycles. The summed E-state index contributed by atoms with van der Waals surface area (Å²) in [4.78, 5) is 0. The molecule has 6 heteroatoms. The molecule has 2 aromatic heterocycles. The molecule has 3 aromatic rings. The fourth-order valence-electron chi connectivity index (χ4n) is 2.73. The van der Waals surface area contributed by atoms with E-state index in [2.05, 4.69) is 6.58 Å². The van der Waals surface area contributed by atoms with Crippen molar-refractivity contribution in [3.05, 3.63) is 60.1 Å². The summed E-state index contributed by atoms with van der Waals surface area (Å²) in [5.41, 5.74) is 1.60. The molecule has 1 aromatic carbocycles. The van der Waals surface area contributed by atoms with Gasteiger partial charge >= 0.3 is 0 Å². The molecule has 21 heavy (non-hydrogen) atoms. The van der Waals surface area contributed by atoms with E-state index >= 15 is 0 Å². The first-order valence-electron chi connectivity index (χ1n) is 6.44. The van der Waals surface area contributed by atoms with Gasteiger partial charge in [0.05, 0.1) is 12.1 Å². The summed E-state index contributed by atoms with van der Waals surface area (Å²) in [5.74, 6) is 0.662. The van der Waals surface area contributed by atoms with Gasteiger partial charge in [-0.15, -0.1) is 11.3 Å². The van der Waals surface area contributed by atoms with Crippen molar-refractivity contribution in [2.45, 2.75) is 10.8 Å². The van der Waals surface area contributed by atoms with Gasteiger partial charge in [0, 0.05) is 11.1 Å². The highest BCUT2D eigenvalue weighted by Gasteiger charge is 2.35. The Morgan fingerprint density at radius 3 is 2.71 bits per heavy atom.